The number of nitrogens with zero attached hydrogens (tertiary/aromatic N) is 2. The first kappa shape index (κ1) is 22.8. The molecule has 2 fully saturated rings. The van der Waals surface area contributed by atoms with Crippen LogP contribution in [0.2, 0.25) is 0 Å². The van der Waals surface area contributed by atoms with Gasteiger partial charge in [-0.3, -0.25) is 4.79 Å². The molecule has 5 rings (SSSR count). The Morgan fingerprint density at radius 1 is 0.853 bits per heavy atom. The molecule has 0 aliphatic carbocycles. The molecular formula is C27H28N2O4S. The molecule has 3 aromatic carbocycles. The van der Waals surface area contributed by atoms with E-state index >= 15 is 0 Å². The SMILES string of the molecule is O=C(Cc1ccccc1)N1CC2(C1)[C@@H](c1ccccc1)[C@H](CO)N2S(=O)(=O)Cc1ccccc1. The number of hydrogen-bond acceptors (Lipinski definition) is 4. The van der Waals surface area contributed by atoms with Crippen molar-refractivity contribution >= 4 is 15.9 Å². The first-order valence-electron chi connectivity index (χ1n) is 11.5. The number of aliphatic hydroxyl groups is 1. The summed E-state index contributed by atoms with van der Waals surface area (Å²) in [5, 5.41) is 10.3. The lowest BCUT2D eigenvalue weighted by atomic mass is 9.63. The van der Waals surface area contributed by atoms with Crippen LogP contribution in [0.25, 0.3) is 0 Å². The molecule has 2 atom stereocenters. The van der Waals surface area contributed by atoms with Crippen molar-refractivity contribution in [3.8, 4) is 0 Å². The molecule has 0 radical (unpaired) electrons. The zero-order valence-corrected chi connectivity index (χ0v) is 19.6. The lowest BCUT2D eigenvalue weighted by Gasteiger charge is -2.69. The number of hydrogen-bond donors (Lipinski definition) is 1. The lowest BCUT2D eigenvalue weighted by molar-refractivity contribution is -0.166. The van der Waals surface area contributed by atoms with E-state index in [0.29, 0.717) is 18.7 Å². The third-order valence-corrected chi connectivity index (χ3v) is 8.95. The molecule has 1 amide bonds. The predicted octanol–water partition coefficient (Wildman–Crippen LogP) is 2.80. The van der Waals surface area contributed by atoms with E-state index in [1.54, 1.807) is 17.0 Å². The predicted molar refractivity (Wildman–Crippen MR) is 130 cm³/mol. The Balaban J connectivity index is 1.43. The first-order valence-corrected chi connectivity index (χ1v) is 13.1. The van der Waals surface area contributed by atoms with Gasteiger partial charge in [-0.2, -0.15) is 4.31 Å². The second-order valence-electron chi connectivity index (χ2n) is 9.19. The largest absolute Gasteiger partial charge is 0.395 e. The third kappa shape index (κ3) is 3.94. The van der Waals surface area contributed by atoms with Crippen LogP contribution in [0.3, 0.4) is 0 Å². The molecule has 2 aliphatic heterocycles. The average molecular weight is 477 g/mol. The fourth-order valence-corrected chi connectivity index (χ4v) is 7.73. The van der Waals surface area contributed by atoms with E-state index in [2.05, 4.69) is 0 Å². The molecule has 2 aliphatic rings. The molecule has 176 valence electrons. The summed E-state index contributed by atoms with van der Waals surface area (Å²) in [6, 6.07) is 27.8. The van der Waals surface area contributed by atoms with Crippen LogP contribution in [0.4, 0.5) is 0 Å². The molecular weight excluding hydrogens is 448 g/mol. The highest BCUT2D eigenvalue weighted by atomic mass is 32.2. The van der Waals surface area contributed by atoms with Crippen molar-refractivity contribution in [1.29, 1.82) is 0 Å². The maximum Gasteiger partial charge on any atom is 0.227 e. The normalized spacial score (nSPS) is 21.6. The van der Waals surface area contributed by atoms with Crippen LogP contribution in [0.5, 0.6) is 0 Å². The van der Waals surface area contributed by atoms with E-state index < -0.39 is 21.6 Å². The second kappa shape index (κ2) is 8.98. The Morgan fingerprint density at radius 3 is 1.94 bits per heavy atom. The zero-order chi connectivity index (χ0) is 23.8. The van der Waals surface area contributed by atoms with Crippen LogP contribution < -0.4 is 0 Å². The number of carbonyl (C=O) groups is 1. The molecule has 1 spiro atoms. The highest BCUT2D eigenvalue weighted by Crippen LogP contribution is 2.55. The molecule has 0 bridgehead atoms. The van der Waals surface area contributed by atoms with E-state index in [1.165, 1.54) is 4.31 Å². The highest BCUT2D eigenvalue weighted by molar-refractivity contribution is 7.88. The van der Waals surface area contributed by atoms with Gasteiger partial charge in [0.05, 0.1) is 30.4 Å². The van der Waals surface area contributed by atoms with Crippen LogP contribution in [-0.2, 0) is 27.0 Å². The first-order chi connectivity index (χ1) is 16.4. The molecule has 2 saturated heterocycles. The van der Waals surface area contributed by atoms with Crippen molar-refractivity contribution in [2.24, 2.45) is 0 Å². The van der Waals surface area contributed by atoms with Crippen molar-refractivity contribution in [1.82, 2.24) is 9.21 Å². The topological polar surface area (TPSA) is 77.9 Å². The van der Waals surface area contributed by atoms with E-state index in [9.17, 15) is 18.3 Å². The Kier molecular flexibility index (Phi) is 6.02. The van der Waals surface area contributed by atoms with Crippen LogP contribution in [0.1, 0.15) is 22.6 Å². The standard InChI is InChI=1S/C27H28N2O4S/c30-17-24-26(23-14-8-3-9-15-23)27(29(24)34(32,33)18-22-12-6-2-7-13-22)19-28(20-27)25(31)16-21-10-4-1-5-11-21/h1-15,24,26,30H,16-20H2/t24-,26-/m0/s1. The molecule has 0 aromatic heterocycles. The lowest BCUT2D eigenvalue weighted by Crippen LogP contribution is -2.85. The minimum atomic E-state index is -3.72. The van der Waals surface area contributed by atoms with Crippen LogP contribution in [0, 0.1) is 0 Å². The van der Waals surface area contributed by atoms with Gasteiger partial charge in [-0.1, -0.05) is 91.0 Å². The summed E-state index contributed by atoms with van der Waals surface area (Å²) < 4.78 is 28.7. The summed E-state index contributed by atoms with van der Waals surface area (Å²) in [5.74, 6) is -0.326. The number of aliphatic hydroxyl groups excluding tert-OH is 1. The molecule has 7 heteroatoms. The van der Waals surface area contributed by atoms with Gasteiger partial charge in [0.15, 0.2) is 0 Å². The van der Waals surface area contributed by atoms with Gasteiger partial charge in [-0.15, -0.1) is 0 Å². The van der Waals surface area contributed by atoms with Gasteiger partial charge >= 0.3 is 0 Å². The molecule has 3 aromatic rings. The summed E-state index contributed by atoms with van der Waals surface area (Å²) >= 11 is 0. The second-order valence-corrected chi connectivity index (χ2v) is 11.0. The van der Waals surface area contributed by atoms with Gasteiger partial charge in [0.25, 0.3) is 0 Å². The smallest absolute Gasteiger partial charge is 0.227 e. The molecule has 1 N–H and O–H groups in total. The number of likely N-dealkylation sites (tertiary alicyclic amines) is 1. The van der Waals surface area contributed by atoms with E-state index in [-0.39, 0.29) is 30.6 Å². The Bertz CT molecular complexity index is 1240. The summed E-state index contributed by atoms with van der Waals surface area (Å²) in [4.78, 5) is 14.7. The van der Waals surface area contributed by atoms with E-state index in [1.807, 2.05) is 78.9 Å². The summed E-state index contributed by atoms with van der Waals surface area (Å²) in [5.41, 5.74) is 1.88. The highest BCUT2D eigenvalue weighted by Gasteiger charge is 2.70. The fraction of sp³-hybridized carbons (Fsp3) is 0.296. The van der Waals surface area contributed by atoms with Crippen molar-refractivity contribution < 1.29 is 18.3 Å². The third-order valence-electron chi connectivity index (χ3n) is 7.02. The molecule has 6 nitrogen and oxygen atoms in total. The van der Waals surface area contributed by atoms with Crippen molar-refractivity contribution in [2.75, 3.05) is 19.7 Å². The van der Waals surface area contributed by atoms with Gasteiger partial charge in [0.2, 0.25) is 15.9 Å². The van der Waals surface area contributed by atoms with Crippen LogP contribution in [-0.4, -0.2) is 59.9 Å². The number of sulfonamides is 1. The van der Waals surface area contributed by atoms with Gasteiger partial charge in [0.1, 0.15) is 0 Å². The van der Waals surface area contributed by atoms with Crippen LogP contribution >= 0.6 is 0 Å². The van der Waals surface area contributed by atoms with Crippen molar-refractivity contribution in [2.45, 2.75) is 29.7 Å². The Hall–Kier alpha value is -3.00. The number of amides is 1. The zero-order valence-electron chi connectivity index (χ0n) is 18.8. The minimum Gasteiger partial charge on any atom is -0.395 e. The maximum absolute atomic E-state index is 13.6. The quantitative estimate of drug-likeness (QED) is 0.569. The maximum atomic E-state index is 13.6. The van der Waals surface area contributed by atoms with Crippen molar-refractivity contribution in [3.63, 3.8) is 0 Å². The summed E-state index contributed by atoms with van der Waals surface area (Å²) in [6.45, 7) is 0.374. The van der Waals surface area contributed by atoms with Crippen LogP contribution in [0.15, 0.2) is 91.0 Å². The minimum absolute atomic E-state index is 0.0171. The average Bonchev–Trinajstić information content (AvgIpc) is 2.79. The van der Waals surface area contributed by atoms with E-state index in [0.717, 1.165) is 11.1 Å². The van der Waals surface area contributed by atoms with Gasteiger partial charge in [-0.05, 0) is 16.7 Å². The summed E-state index contributed by atoms with van der Waals surface area (Å²) in [7, 11) is -3.72. The number of rotatable bonds is 7. The van der Waals surface area contributed by atoms with Gasteiger partial charge in [-0.25, -0.2) is 8.42 Å². The fourth-order valence-electron chi connectivity index (χ4n) is 5.60. The summed E-state index contributed by atoms with van der Waals surface area (Å²) in [6.07, 6.45) is 0.285. The number of carbonyl (C=O) groups excluding carboxylic acids is 1. The van der Waals surface area contributed by atoms with Gasteiger partial charge in [0, 0.05) is 19.0 Å². The van der Waals surface area contributed by atoms with Crippen molar-refractivity contribution in [3.05, 3.63) is 108 Å². The van der Waals surface area contributed by atoms with Gasteiger partial charge < -0.3 is 10.0 Å². The molecule has 0 unspecified atom stereocenters. The monoisotopic (exact) mass is 476 g/mol. The molecule has 2 heterocycles. The Labute approximate surface area is 200 Å². The van der Waals surface area contributed by atoms with E-state index in [4.69, 9.17) is 0 Å². The Morgan fingerprint density at radius 2 is 1.38 bits per heavy atom. The number of benzene rings is 3. The molecule has 34 heavy (non-hydrogen) atoms. The molecule has 0 saturated carbocycles.